The van der Waals surface area contributed by atoms with Gasteiger partial charge in [-0.05, 0) is 23.8 Å². The van der Waals surface area contributed by atoms with Crippen molar-refractivity contribution in [2.75, 3.05) is 0 Å². The number of hydrogen-bond donors (Lipinski definition) is 1. The molecule has 2 aromatic carbocycles. The van der Waals surface area contributed by atoms with E-state index >= 15 is 0 Å². The minimum absolute atomic E-state index is 0.0134. The van der Waals surface area contributed by atoms with Crippen LogP contribution in [0, 0.1) is 0 Å². The highest BCUT2D eigenvalue weighted by Crippen LogP contribution is 2.11. The number of carboxylic acids is 1. The monoisotopic (exact) mass is 310 g/mol. The highest BCUT2D eigenvalue weighted by atomic mass is 16.4. The summed E-state index contributed by atoms with van der Waals surface area (Å²) in [6.07, 6.45) is 0. The Morgan fingerprint density at radius 1 is 1.09 bits per heavy atom. The fraction of sp³-hybridized carbons (Fsp3) is 0.118. The molecule has 0 saturated carbocycles. The van der Waals surface area contributed by atoms with Crippen LogP contribution in [0.3, 0.4) is 0 Å². The fourth-order valence-electron chi connectivity index (χ4n) is 2.55. The van der Waals surface area contributed by atoms with Crippen LogP contribution in [-0.4, -0.2) is 20.2 Å². The molecule has 23 heavy (non-hydrogen) atoms. The molecule has 0 aliphatic heterocycles. The molecule has 0 radical (unpaired) electrons. The van der Waals surface area contributed by atoms with Crippen LogP contribution in [0.4, 0.5) is 0 Å². The topological polar surface area (TPSA) is 81.3 Å². The summed E-state index contributed by atoms with van der Waals surface area (Å²) in [4.78, 5) is 36.2. The Labute approximate surface area is 130 Å². The number of rotatable bonds is 3. The van der Waals surface area contributed by atoms with Crippen LogP contribution in [0.1, 0.15) is 15.9 Å². The number of carbonyl (C=O) groups is 1. The van der Waals surface area contributed by atoms with Gasteiger partial charge in [0.15, 0.2) is 0 Å². The van der Waals surface area contributed by atoms with Gasteiger partial charge in [-0.3, -0.25) is 13.9 Å². The summed E-state index contributed by atoms with van der Waals surface area (Å²) in [5.74, 6) is -1.12. The van der Waals surface area contributed by atoms with Crippen molar-refractivity contribution in [3.05, 3.63) is 80.5 Å². The minimum atomic E-state index is -1.12. The van der Waals surface area contributed by atoms with Gasteiger partial charge in [0.1, 0.15) is 0 Å². The molecule has 3 aromatic rings. The second-order valence-corrected chi connectivity index (χ2v) is 5.26. The Hall–Kier alpha value is -3.15. The molecule has 116 valence electrons. The van der Waals surface area contributed by atoms with Crippen LogP contribution in [0.15, 0.2) is 58.1 Å². The van der Waals surface area contributed by atoms with Crippen LogP contribution in [0.5, 0.6) is 0 Å². The number of benzene rings is 2. The van der Waals surface area contributed by atoms with Crippen molar-refractivity contribution in [3.63, 3.8) is 0 Å². The van der Waals surface area contributed by atoms with E-state index in [4.69, 9.17) is 5.11 Å². The SMILES string of the molecule is Cn1c(=O)n(Cc2ccccc2)c(=O)c2cc(C(=O)O)ccc21. The summed E-state index contributed by atoms with van der Waals surface area (Å²) in [6, 6.07) is 13.3. The summed E-state index contributed by atoms with van der Waals surface area (Å²) >= 11 is 0. The maximum absolute atomic E-state index is 12.6. The molecule has 3 rings (SSSR count). The highest BCUT2D eigenvalue weighted by molar-refractivity contribution is 5.93. The minimum Gasteiger partial charge on any atom is -0.478 e. The van der Waals surface area contributed by atoms with Crippen molar-refractivity contribution < 1.29 is 9.90 Å². The van der Waals surface area contributed by atoms with Crippen molar-refractivity contribution in [1.29, 1.82) is 0 Å². The summed E-state index contributed by atoms with van der Waals surface area (Å²) in [6.45, 7) is 0.138. The van der Waals surface area contributed by atoms with Crippen LogP contribution in [0.25, 0.3) is 10.9 Å². The lowest BCUT2D eigenvalue weighted by molar-refractivity contribution is 0.0697. The lowest BCUT2D eigenvalue weighted by Crippen LogP contribution is -2.39. The first-order valence-electron chi connectivity index (χ1n) is 7.00. The predicted molar refractivity (Wildman–Crippen MR) is 86.0 cm³/mol. The van der Waals surface area contributed by atoms with Crippen LogP contribution in [-0.2, 0) is 13.6 Å². The first-order chi connectivity index (χ1) is 11.0. The second-order valence-electron chi connectivity index (χ2n) is 5.26. The van der Waals surface area contributed by atoms with Gasteiger partial charge in [0, 0.05) is 7.05 Å². The summed E-state index contributed by atoms with van der Waals surface area (Å²) in [7, 11) is 1.56. The Kier molecular flexibility index (Phi) is 3.57. The molecular weight excluding hydrogens is 296 g/mol. The second kappa shape index (κ2) is 5.57. The zero-order valence-electron chi connectivity index (χ0n) is 12.4. The Bertz CT molecular complexity index is 1020. The molecule has 0 unspecified atom stereocenters. The Balaban J connectivity index is 2.28. The van der Waals surface area contributed by atoms with Crippen molar-refractivity contribution >= 4 is 16.9 Å². The van der Waals surface area contributed by atoms with E-state index in [1.807, 2.05) is 30.3 Å². The van der Waals surface area contributed by atoms with Crippen molar-refractivity contribution in [3.8, 4) is 0 Å². The normalized spacial score (nSPS) is 10.8. The van der Waals surface area contributed by atoms with Gasteiger partial charge in [0.2, 0.25) is 0 Å². The molecule has 0 spiro atoms. The molecule has 0 bridgehead atoms. The number of hydrogen-bond acceptors (Lipinski definition) is 3. The van der Waals surface area contributed by atoms with E-state index in [-0.39, 0.29) is 17.5 Å². The van der Waals surface area contributed by atoms with Gasteiger partial charge in [0.05, 0.1) is 23.0 Å². The summed E-state index contributed by atoms with van der Waals surface area (Å²) in [5, 5.41) is 9.30. The van der Waals surface area contributed by atoms with E-state index in [0.29, 0.717) is 5.52 Å². The lowest BCUT2D eigenvalue weighted by Gasteiger charge is -2.11. The van der Waals surface area contributed by atoms with Gasteiger partial charge in [-0.2, -0.15) is 0 Å². The van der Waals surface area contributed by atoms with E-state index in [1.54, 1.807) is 7.05 Å². The van der Waals surface area contributed by atoms with Crippen LogP contribution in [0.2, 0.25) is 0 Å². The Morgan fingerprint density at radius 2 is 1.78 bits per heavy atom. The number of aromatic carboxylic acids is 1. The maximum atomic E-state index is 12.6. The molecule has 0 saturated heterocycles. The smallest absolute Gasteiger partial charge is 0.335 e. The van der Waals surface area contributed by atoms with Crippen molar-refractivity contribution in [1.82, 2.24) is 9.13 Å². The van der Waals surface area contributed by atoms with Crippen LogP contribution >= 0.6 is 0 Å². The highest BCUT2D eigenvalue weighted by Gasteiger charge is 2.13. The third-order valence-corrected chi connectivity index (χ3v) is 3.78. The average molecular weight is 310 g/mol. The van der Waals surface area contributed by atoms with E-state index < -0.39 is 17.2 Å². The molecule has 0 fully saturated rings. The van der Waals surface area contributed by atoms with Crippen molar-refractivity contribution in [2.24, 2.45) is 7.05 Å². The standard InChI is InChI=1S/C17H14N2O4/c1-18-14-8-7-12(16(21)22)9-13(14)15(20)19(17(18)23)10-11-5-3-2-4-6-11/h2-9H,10H2,1H3,(H,21,22). The maximum Gasteiger partial charge on any atom is 0.335 e. The molecule has 6 heteroatoms. The number of aromatic nitrogens is 2. The molecule has 0 aliphatic rings. The predicted octanol–water partition coefficient (Wildman–Crippen LogP) is 1.45. The summed E-state index contributed by atoms with van der Waals surface area (Å²) < 4.78 is 2.47. The van der Waals surface area contributed by atoms with E-state index in [1.165, 1.54) is 22.8 Å². The van der Waals surface area contributed by atoms with E-state index in [2.05, 4.69) is 0 Å². The third kappa shape index (κ3) is 2.55. The quantitative estimate of drug-likeness (QED) is 0.794. The lowest BCUT2D eigenvalue weighted by atomic mass is 10.1. The number of nitrogens with zero attached hydrogens (tertiary/aromatic N) is 2. The zero-order valence-corrected chi connectivity index (χ0v) is 12.4. The van der Waals surface area contributed by atoms with Gasteiger partial charge in [-0.25, -0.2) is 9.59 Å². The molecule has 0 aliphatic carbocycles. The first kappa shape index (κ1) is 14.8. The molecule has 1 N–H and O–H groups in total. The number of carboxylic acid groups (broad SMARTS) is 1. The largest absolute Gasteiger partial charge is 0.478 e. The Morgan fingerprint density at radius 3 is 2.43 bits per heavy atom. The van der Waals surface area contributed by atoms with Gasteiger partial charge in [-0.1, -0.05) is 30.3 Å². The average Bonchev–Trinajstić information content (AvgIpc) is 2.57. The van der Waals surface area contributed by atoms with Crippen LogP contribution < -0.4 is 11.2 Å². The van der Waals surface area contributed by atoms with Gasteiger partial charge in [-0.15, -0.1) is 0 Å². The zero-order chi connectivity index (χ0) is 16.6. The third-order valence-electron chi connectivity index (χ3n) is 3.78. The first-order valence-corrected chi connectivity index (χ1v) is 7.00. The molecule has 6 nitrogen and oxygen atoms in total. The molecule has 0 atom stereocenters. The number of fused-ring (bicyclic) bond motifs is 1. The van der Waals surface area contributed by atoms with Gasteiger partial charge >= 0.3 is 11.7 Å². The molecule has 1 aromatic heterocycles. The number of aryl methyl sites for hydroxylation is 1. The van der Waals surface area contributed by atoms with Gasteiger partial charge < -0.3 is 5.11 Å². The fourth-order valence-corrected chi connectivity index (χ4v) is 2.55. The molecular formula is C17H14N2O4. The van der Waals surface area contributed by atoms with E-state index in [9.17, 15) is 14.4 Å². The molecule has 1 heterocycles. The molecule has 0 amide bonds. The van der Waals surface area contributed by atoms with Crippen molar-refractivity contribution in [2.45, 2.75) is 6.54 Å². The van der Waals surface area contributed by atoms with E-state index in [0.717, 1.165) is 10.1 Å². The summed E-state index contributed by atoms with van der Waals surface area (Å²) in [5.41, 5.74) is 0.318. The van der Waals surface area contributed by atoms with Gasteiger partial charge in [0.25, 0.3) is 5.56 Å².